The third kappa shape index (κ3) is 4.75. The molecule has 3 rings (SSSR count). The Morgan fingerprint density at radius 2 is 2.07 bits per heavy atom. The predicted molar refractivity (Wildman–Crippen MR) is 112 cm³/mol. The number of aliphatic carboxylic acids is 1. The molecule has 0 aliphatic carbocycles. The summed E-state index contributed by atoms with van der Waals surface area (Å²) in [6.07, 6.45) is 1.18. The molecule has 2 aromatic rings. The molecule has 158 valence electrons. The quantitative estimate of drug-likeness (QED) is 0.537. The summed E-state index contributed by atoms with van der Waals surface area (Å²) in [5.41, 5.74) is 1.40. The molecule has 0 bridgehead atoms. The minimum absolute atomic E-state index is 0.0348. The molecule has 1 aliphatic heterocycles. The fourth-order valence-corrected chi connectivity index (χ4v) is 4.50. The van der Waals surface area contributed by atoms with Gasteiger partial charge in [-0.15, -0.1) is 11.3 Å². The van der Waals surface area contributed by atoms with Crippen molar-refractivity contribution in [2.75, 3.05) is 13.1 Å². The summed E-state index contributed by atoms with van der Waals surface area (Å²) in [5, 5.41) is 16.2. The molecule has 0 saturated carbocycles. The van der Waals surface area contributed by atoms with Gasteiger partial charge in [-0.3, -0.25) is 14.4 Å². The third-order valence-electron chi connectivity index (χ3n) is 4.63. The number of carboxylic acids is 1. The molecule has 3 N–H and O–H groups in total. The number of carbonyl (C=O) groups is 4. The Labute approximate surface area is 185 Å². The van der Waals surface area contributed by atoms with Crippen molar-refractivity contribution in [1.29, 1.82) is 0 Å². The van der Waals surface area contributed by atoms with Crippen LogP contribution in [-0.4, -0.2) is 53.3 Å². The summed E-state index contributed by atoms with van der Waals surface area (Å²) in [6.45, 7) is 0.463. The lowest BCUT2D eigenvalue weighted by Crippen LogP contribution is -2.48. The molecule has 1 unspecified atom stereocenters. The van der Waals surface area contributed by atoms with Gasteiger partial charge in [0.25, 0.3) is 11.8 Å². The molecule has 0 fully saturated rings. The highest BCUT2D eigenvalue weighted by molar-refractivity contribution is 7.12. The molecule has 11 heteroatoms. The van der Waals surface area contributed by atoms with Crippen molar-refractivity contribution in [3.63, 3.8) is 0 Å². The molecule has 8 nitrogen and oxygen atoms in total. The topological polar surface area (TPSA) is 116 Å². The second-order valence-corrected chi connectivity index (χ2v) is 8.30. The number of fused-ring (bicyclic) bond motifs is 1. The van der Waals surface area contributed by atoms with Crippen molar-refractivity contribution >= 4 is 58.7 Å². The van der Waals surface area contributed by atoms with Crippen LogP contribution in [0.5, 0.6) is 0 Å². The number of hydrogen-bond acceptors (Lipinski definition) is 5. The highest BCUT2D eigenvalue weighted by Gasteiger charge is 2.28. The van der Waals surface area contributed by atoms with Gasteiger partial charge < -0.3 is 20.6 Å². The second-order valence-electron chi connectivity index (χ2n) is 6.56. The average molecular weight is 470 g/mol. The number of nitrogens with one attached hydrogen (secondary N) is 2. The van der Waals surface area contributed by atoms with Gasteiger partial charge in [-0.05, 0) is 35.1 Å². The standard InChI is InChI=1S/C19H17Cl2N3O5S/c20-12-6-10-8-24(9-25)4-3-11(10)16(21)15(12)18(27)23-13(19(28)29)7-22-17(26)14-2-1-5-30-14/h1-2,5-6,9,13H,3-4,7-8H2,(H,22,26)(H,23,27)(H,28,29). The molecule has 1 aromatic heterocycles. The lowest BCUT2D eigenvalue weighted by molar-refractivity contribution is -0.139. The van der Waals surface area contributed by atoms with E-state index in [-0.39, 0.29) is 22.2 Å². The van der Waals surface area contributed by atoms with Gasteiger partial charge in [0, 0.05) is 19.6 Å². The Morgan fingerprint density at radius 1 is 1.30 bits per heavy atom. The van der Waals surface area contributed by atoms with Gasteiger partial charge in [0.15, 0.2) is 0 Å². The molecule has 3 amide bonds. The number of benzene rings is 1. The summed E-state index contributed by atoms with van der Waals surface area (Å²) in [6, 6.07) is 3.48. The first-order valence-electron chi connectivity index (χ1n) is 8.86. The molecule has 0 spiro atoms. The highest BCUT2D eigenvalue weighted by Crippen LogP contribution is 2.34. The number of rotatable bonds is 7. The lowest BCUT2D eigenvalue weighted by atomic mass is 9.96. The molecule has 30 heavy (non-hydrogen) atoms. The van der Waals surface area contributed by atoms with E-state index in [0.717, 1.165) is 12.0 Å². The van der Waals surface area contributed by atoms with Crippen LogP contribution in [0.2, 0.25) is 10.0 Å². The SMILES string of the molecule is O=CN1CCc2c(cc(Cl)c(C(=O)NC(CNC(=O)c3cccs3)C(=O)O)c2Cl)C1. The van der Waals surface area contributed by atoms with Crippen LogP contribution in [0, 0.1) is 0 Å². The van der Waals surface area contributed by atoms with Crippen LogP contribution in [0.15, 0.2) is 23.6 Å². The van der Waals surface area contributed by atoms with E-state index in [2.05, 4.69) is 10.6 Å². The van der Waals surface area contributed by atoms with Crippen molar-refractivity contribution in [3.05, 3.63) is 55.2 Å². The number of hydrogen-bond donors (Lipinski definition) is 3. The van der Waals surface area contributed by atoms with Crippen LogP contribution >= 0.6 is 34.5 Å². The van der Waals surface area contributed by atoms with Crippen molar-refractivity contribution in [2.45, 2.75) is 19.0 Å². The first kappa shape index (κ1) is 22.1. The van der Waals surface area contributed by atoms with E-state index in [1.807, 2.05) is 0 Å². The second kappa shape index (κ2) is 9.46. The Bertz CT molecular complexity index is 997. The van der Waals surface area contributed by atoms with Crippen LogP contribution in [-0.2, 0) is 22.6 Å². The maximum absolute atomic E-state index is 12.8. The van der Waals surface area contributed by atoms with Gasteiger partial charge in [-0.25, -0.2) is 4.79 Å². The zero-order chi connectivity index (χ0) is 21.8. The number of thiophene rings is 1. The van der Waals surface area contributed by atoms with Gasteiger partial charge in [-0.1, -0.05) is 29.3 Å². The van der Waals surface area contributed by atoms with Gasteiger partial charge in [0.2, 0.25) is 6.41 Å². The minimum atomic E-state index is -1.38. The van der Waals surface area contributed by atoms with E-state index in [9.17, 15) is 24.3 Å². The average Bonchev–Trinajstić information content (AvgIpc) is 3.25. The first-order valence-corrected chi connectivity index (χ1v) is 10.5. The van der Waals surface area contributed by atoms with E-state index < -0.39 is 23.8 Å². The summed E-state index contributed by atoms with van der Waals surface area (Å²) >= 11 is 13.9. The summed E-state index contributed by atoms with van der Waals surface area (Å²) < 4.78 is 0. The smallest absolute Gasteiger partial charge is 0.328 e. The molecule has 1 aliphatic rings. The van der Waals surface area contributed by atoms with E-state index >= 15 is 0 Å². The van der Waals surface area contributed by atoms with Crippen LogP contribution in [0.1, 0.15) is 31.2 Å². The number of nitrogens with zero attached hydrogens (tertiary/aromatic N) is 1. The van der Waals surface area contributed by atoms with Crippen LogP contribution in [0.25, 0.3) is 0 Å². The normalized spacial score (nSPS) is 13.9. The van der Waals surface area contributed by atoms with Crippen molar-refractivity contribution < 1.29 is 24.3 Å². The third-order valence-corrected chi connectivity index (χ3v) is 6.21. The lowest BCUT2D eigenvalue weighted by Gasteiger charge is -2.27. The number of amides is 3. The molecule has 1 atom stereocenters. The molecule has 2 heterocycles. The highest BCUT2D eigenvalue weighted by atomic mass is 35.5. The molecule has 0 radical (unpaired) electrons. The Balaban J connectivity index is 1.75. The number of halogens is 2. The molecular weight excluding hydrogens is 453 g/mol. The van der Waals surface area contributed by atoms with Gasteiger partial charge in [0.1, 0.15) is 6.04 Å². The predicted octanol–water partition coefficient (Wildman–Crippen LogP) is 2.18. The first-order chi connectivity index (χ1) is 14.3. The summed E-state index contributed by atoms with van der Waals surface area (Å²) in [5.74, 6) is -2.51. The van der Waals surface area contributed by atoms with E-state index in [1.165, 1.54) is 11.3 Å². The molecule has 0 saturated heterocycles. The molecule has 1 aromatic carbocycles. The Kier molecular flexibility index (Phi) is 6.96. The van der Waals surface area contributed by atoms with Gasteiger partial charge in [0.05, 0.1) is 20.5 Å². The number of carboxylic acid groups (broad SMARTS) is 1. The van der Waals surface area contributed by atoms with Crippen LogP contribution < -0.4 is 10.6 Å². The Hall–Kier alpha value is -2.62. The monoisotopic (exact) mass is 469 g/mol. The van der Waals surface area contributed by atoms with Gasteiger partial charge in [-0.2, -0.15) is 0 Å². The fourth-order valence-electron chi connectivity index (χ4n) is 3.09. The maximum atomic E-state index is 12.8. The zero-order valence-corrected chi connectivity index (χ0v) is 17.8. The van der Waals surface area contributed by atoms with E-state index in [4.69, 9.17) is 23.2 Å². The summed E-state index contributed by atoms with van der Waals surface area (Å²) in [7, 11) is 0. The maximum Gasteiger partial charge on any atom is 0.328 e. The summed E-state index contributed by atoms with van der Waals surface area (Å²) in [4.78, 5) is 49.3. The van der Waals surface area contributed by atoms with Gasteiger partial charge >= 0.3 is 5.97 Å². The fraction of sp³-hybridized carbons (Fsp3) is 0.263. The Morgan fingerprint density at radius 3 is 2.70 bits per heavy atom. The van der Waals surface area contributed by atoms with Crippen molar-refractivity contribution in [3.8, 4) is 0 Å². The largest absolute Gasteiger partial charge is 0.480 e. The van der Waals surface area contributed by atoms with Crippen LogP contribution in [0.3, 0.4) is 0 Å². The zero-order valence-electron chi connectivity index (χ0n) is 15.5. The van der Waals surface area contributed by atoms with E-state index in [0.29, 0.717) is 30.0 Å². The number of carbonyl (C=O) groups excluding carboxylic acids is 3. The van der Waals surface area contributed by atoms with Crippen molar-refractivity contribution in [2.24, 2.45) is 0 Å². The van der Waals surface area contributed by atoms with Crippen molar-refractivity contribution in [1.82, 2.24) is 15.5 Å². The minimum Gasteiger partial charge on any atom is -0.480 e. The van der Waals surface area contributed by atoms with E-state index in [1.54, 1.807) is 28.5 Å². The van der Waals surface area contributed by atoms with Crippen LogP contribution in [0.4, 0.5) is 0 Å². The molecular formula is C19H17Cl2N3O5S.